The maximum Gasteiger partial charge on any atom is 0.251 e. The van der Waals surface area contributed by atoms with Crippen LogP contribution in [0.1, 0.15) is 28.4 Å². The Morgan fingerprint density at radius 1 is 0.931 bits per heavy atom. The fourth-order valence-corrected chi connectivity index (χ4v) is 2.82. The van der Waals surface area contributed by atoms with Crippen LogP contribution in [0.3, 0.4) is 0 Å². The summed E-state index contributed by atoms with van der Waals surface area (Å²) in [4.78, 5) is 38.1. The highest BCUT2D eigenvalue weighted by atomic mass is 16.2. The fraction of sp³-hybridized carbons (Fsp3) is 0.318. The van der Waals surface area contributed by atoms with Gasteiger partial charge in [-0.2, -0.15) is 0 Å². The minimum absolute atomic E-state index is 0.0472. The fourth-order valence-electron chi connectivity index (χ4n) is 2.82. The number of rotatable bonds is 8. The van der Waals surface area contributed by atoms with Gasteiger partial charge in [-0.3, -0.25) is 19.3 Å². The molecule has 0 fully saturated rings. The van der Waals surface area contributed by atoms with Crippen molar-refractivity contribution >= 4 is 29.1 Å². The highest BCUT2D eigenvalue weighted by Crippen LogP contribution is 2.17. The van der Waals surface area contributed by atoms with Crippen LogP contribution in [0, 0.1) is 13.8 Å². The molecule has 154 valence electrons. The molecular weight excluding hydrogens is 368 g/mol. The number of likely N-dealkylation sites (N-methyl/N-ethyl adjacent to an activating group) is 1. The lowest BCUT2D eigenvalue weighted by atomic mass is 10.1. The summed E-state index contributed by atoms with van der Waals surface area (Å²) >= 11 is 0. The molecule has 0 unspecified atom stereocenters. The first-order valence-electron chi connectivity index (χ1n) is 9.53. The zero-order chi connectivity index (χ0) is 21.4. The Bertz CT molecular complexity index is 895. The standard InChI is InChI=1S/C22H28N4O3/c1-5-23-22(29)17-9-7-10-18(12-17)24-20(27)13-26(4)14-21(28)25-19-11-6-8-15(2)16(19)3/h6-12H,5,13-14H2,1-4H3,(H,23,29)(H,24,27)(H,25,28). The van der Waals surface area contributed by atoms with E-state index in [-0.39, 0.29) is 30.8 Å². The van der Waals surface area contributed by atoms with Gasteiger partial charge >= 0.3 is 0 Å². The summed E-state index contributed by atoms with van der Waals surface area (Å²) in [6.45, 7) is 6.45. The second-order valence-corrected chi connectivity index (χ2v) is 6.96. The predicted octanol–water partition coefficient (Wildman–Crippen LogP) is 2.56. The number of hydrogen-bond donors (Lipinski definition) is 3. The van der Waals surface area contributed by atoms with Crippen molar-refractivity contribution in [3.8, 4) is 0 Å². The van der Waals surface area contributed by atoms with Crippen LogP contribution in [0.25, 0.3) is 0 Å². The highest BCUT2D eigenvalue weighted by molar-refractivity contribution is 5.98. The average molecular weight is 396 g/mol. The maximum absolute atomic E-state index is 12.3. The van der Waals surface area contributed by atoms with Gasteiger partial charge in [0.1, 0.15) is 0 Å². The summed E-state index contributed by atoms with van der Waals surface area (Å²) in [5, 5.41) is 8.36. The molecule has 0 spiro atoms. The molecule has 0 radical (unpaired) electrons. The van der Waals surface area contributed by atoms with E-state index < -0.39 is 0 Å². The van der Waals surface area contributed by atoms with E-state index in [1.807, 2.05) is 39.0 Å². The zero-order valence-corrected chi connectivity index (χ0v) is 17.3. The number of carbonyl (C=O) groups is 3. The van der Waals surface area contributed by atoms with Crippen molar-refractivity contribution < 1.29 is 14.4 Å². The third-order valence-electron chi connectivity index (χ3n) is 4.45. The van der Waals surface area contributed by atoms with Gasteiger partial charge in [0.05, 0.1) is 13.1 Å². The van der Waals surface area contributed by atoms with Crippen LogP contribution >= 0.6 is 0 Å². The third-order valence-corrected chi connectivity index (χ3v) is 4.45. The van der Waals surface area contributed by atoms with E-state index in [0.717, 1.165) is 16.8 Å². The van der Waals surface area contributed by atoms with Crippen molar-refractivity contribution in [2.45, 2.75) is 20.8 Å². The maximum atomic E-state index is 12.3. The van der Waals surface area contributed by atoms with Crippen LogP contribution < -0.4 is 16.0 Å². The monoisotopic (exact) mass is 396 g/mol. The quantitative estimate of drug-likeness (QED) is 0.640. The van der Waals surface area contributed by atoms with Gasteiger partial charge in [0.2, 0.25) is 11.8 Å². The molecule has 0 atom stereocenters. The van der Waals surface area contributed by atoms with Gasteiger partial charge in [-0.05, 0) is 63.2 Å². The van der Waals surface area contributed by atoms with Crippen molar-refractivity contribution in [1.29, 1.82) is 0 Å². The molecule has 2 rings (SSSR count). The van der Waals surface area contributed by atoms with Gasteiger partial charge in [-0.15, -0.1) is 0 Å². The number of nitrogens with one attached hydrogen (secondary N) is 3. The molecule has 3 amide bonds. The Morgan fingerprint density at radius 3 is 2.28 bits per heavy atom. The average Bonchev–Trinajstić information content (AvgIpc) is 2.65. The Balaban J connectivity index is 1.87. The van der Waals surface area contributed by atoms with Crippen molar-refractivity contribution in [2.75, 3.05) is 37.3 Å². The number of aryl methyl sites for hydroxylation is 1. The molecule has 0 aromatic heterocycles. The van der Waals surface area contributed by atoms with E-state index >= 15 is 0 Å². The van der Waals surface area contributed by atoms with E-state index in [9.17, 15) is 14.4 Å². The Morgan fingerprint density at radius 2 is 1.59 bits per heavy atom. The predicted molar refractivity (Wildman–Crippen MR) is 115 cm³/mol. The molecule has 29 heavy (non-hydrogen) atoms. The van der Waals surface area contributed by atoms with Gasteiger partial charge in [0, 0.05) is 23.5 Å². The van der Waals surface area contributed by atoms with Gasteiger partial charge < -0.3 is 16.0 Å². The number of hydrogen-bond acceptors (Lipinski definition) is 4. The van der Waals surface area contributed by atoms with Crippen LogP contribution in [0.15, 0.2) is 42.5 Å². The summed E-state index contributed by atoms with van der Waals surface area (Å²) in [6, 6.07) is 12.5. The van der Waals surface area contributed by atoms with Crippen molar-refractivity contribution in [1.82, 2.24) is 10.2 Å². The summed E-state index contributed by atoms with van der Waals surface area (Å²) in [6.07, 6.45) is 0. The van der Waals surface area contributed by atoms with Crippen LogP contribution in [0.5, 0.6) is 0 Å². The number of nitrogens with zero attached hydrogens (tertiary/aromatic N) is 1. The molecule has 0 saturated heterocycles. The van der Waals surface area contributed by atoms with E-state index in [1.165, 1.54) is 0 Å². The first kappa shape index (κ1) is 22.1. The number of carbonyl (C=O) groups excluding carboxylic acids is 3. The SMILES string of the molecule is CCNC(=O)c1cccc(NC(=O)CN(C)CC(=O)Nc2cccc(C)c2C)c1. The first-order valence-corrected chi connectivity index (χ1v) is 9.53. The lowest BCUT2D eigenvalue weighted by Gasteiger charge is -2.17. The smallest absolute Gasteiger partial charge is 0.251 e. The number of benzene rings is 2. The highest BCUT2D eigenvalue weighted by Gasteiger charge is 2.13. The third kappa shape index (κ3) is 6.73. The van der Waals surface area contributed by atoms with Gasteiger partial charge in [-0.25, -0.2) is 0 Å². The van der Waals surface area contributed by atoms with E-state index in [2.05, 4.69) is 16.0 Å². The van der Waals surface area contributed by atoms with Crippen LogP contribution in [0.4, 0.5) is 11.4 Å². The largest absolute Gasteiger partial charge is 0.352 e. The van der Waals surface area contributed by atoms with E-state index in [1.54, 1.807) is 36.2 Å². The van der Waals surface area contributed by atoms with E-state index in [0.29, 0.717) is 17.8 Å². The first-order chi connectivity index (χ1) is 13.8. The van der Waals surface area contributed by atoms with Crippen molar-refractivity contribution in [3.63, 3.8) is 0 Å². The molecule has 0 saturated carbocycles. The topological polar surface area (TPSA) is 90.5 Å². The molecule has 0 aliphatic heterocycles. The van der Waals surface area contributed by atoms with Crippen LogP contribution in [-0.4, -0.2) is 49.3 Å². The minimum atomic E-state index is -0.264. The minimum Gasteiger partial charge on any atom is -0.352 e. The van der Waals surface area contributed by atoms with Gasteiger partial charge in [-0.1, -0.05) is 18.2 Å². The summed E-state index contributed by atoms with van der Waals surface area (Å²) in [5.41, 5.74) is 3.91. The number of anilines is 2. The molecule has 0 heterocycles. The normalized spacial score (nSPS) is 10.5. The summed E-state index contributed by atoms with van der Waals surface area (Å²) < 4.78 is 0. The molecule has 2 aromatic carbocycles. The summed E-state index contributed by atoms with van der Waals surface area (Å²) in [5.74, 6) is -0.642. The van der Waals surface area contributed by atoms with Crippen LogP contribution in [-0.2, 0) is 9.59 Å². The Kier molecular flexibility index (Phi) is 7.91. The van der Waals surface area contributed by atoms with Crippen molar-refractivity contribution in [2.24, 2.45) is 0 Å². The molecular formula is C22H28N4O3. The molecule has 2 aromatic rings. The molecule has 3 N–H and O–H groups in total. The summed E-state index contributed by atoms with van der Waals surface area (Å²) in [7, 11) is 1.70. The zero-order valence-electron chi connectivity index (χ0n) is 17.3. The molecule has 7 heteroatoms. The molecule has 0 aliphatic carbocycles. The second-order valence-electron chi connectivity index (χ2n) is 6.96. The number of amides is 3. The molecule has 0 aliphatic rings. The van der Waals surface area contributed by atoms with Crippen LogP contribution in [0.2, 0.25) is 0 Å². The van der Waals surface area contributed by atoms with E-state index in [4.69, 9.17) is 0 Å². The molecule has 0 bridgehead atoms. The Labute approximate surface area is 171 Å². The van der Waals surface area contributed by atoms with Gasteiger partial charge in [0.25, 0.3) is 5.91 Å². The lowest BCUT2D eigenvalue weighted by Crippen LogP contribution is -2.36. The lowest BCUT2D eigenvalue weighted by molar-refractivity contribution is -0.119. The molecule has 7 nitrogen and oxygen atoms in total. The Hall–Kier alpha value is -3.19. The van der Waals surface area contributed by atoms with Gasteiger partial charge in [0.15, 0.2) is 0 Å². The van der Waals surface area contributed by atoms with Crippen molar-refractivity contribution in [3.05, 3.63) is 59.2 Å². The second kappa shape index (κ2) is 10.4.